The highest BCUT2D eigenvalue weighted by atomic mass is 16.5. The molecular weight excluding hydrogens is 164 g/mol. The van der Waals surface area contributed by atoms with E-state index in [0.29, 0.717) is 5.92 Å². The number of hydrogen-bond donors (Lipinski definition) is 0. The number of carbonyl (C=O) groups excluding carboxylic acids is 1. The van der Waals surface area contributed by atoms with Crippen LogP contribution in [0.4, 0.5) is 0 Å². The molecule has 72 valence electrons. The van der Waals surface area contributed by atoms with Gasteiger partial charge in [-0.2, -0.15) is 0 Å². The summed E-state index contributed by atoms with van der Waals surface area (Å²) in [5.41, 5.74) is 2.11. The van der Waals surface area contributed by atoms with E-state index in [0.717, 1.165) is 18.4 Å². The number of methoxy groups -OCH3 is 1. The molecule has 1 aliphatic carbocycles. The largest absolute Gasteiger partial charge is 0.466 e. The highest BCUT2D eigenvalue weighted by Gasteiger charge is 2.15. The topological polar surface area (TPSA) is 26.3 Å². The Balaban J connectivity index is 2.44. The number of ether oxygens (including phenoxy) is 1. The Hall–Kier alpha value is -1.05. The molecule has 1 rings (SSSR count). The Kier molecular flexibility index (Phi) is 3.29. The first kappa shape index (κ1) is 10.0. The molecule has 0 spiro atoms. The molecule has 0 saturated carbocycles. The highest BCUT2D eigenvalue weighted by Crippen LogP contribution is 2.25. The minimum atomic E-state index is -0.199. The van der Waals surface area contributed by atoms with Crippen LogP contribution in [0.1, 0.15) is 26.7 Å². The maximum Gasteiger partial charge on any atom is 0.334 e. The van der Waals surface area contributed by atoms with Gasteiger partial charge in [-0.3, -0.25) is 0 Å². The van der Waals surface area contributed by atoms with Gasteiger partial charge in [0.1, 0.15) is 0 Å². The molecule has 0 fully saturated rings. The number of hydrogen-bond acceptors (Lipinski definition) is 2. The van der Waals surface area contributed by atoms with Gasteiger partial charge in [0.15, 0.2) is 0 Å². The monoisotopic (exact) mass is 180 g/mol. The number of esters is 1. The van der Waals surface area contributed by atoms with Crippen molar-refractivity contribution in [1.82, 2.24) is 0 Å². The van der Waals surface area contributed by atoms with Crippen molar-refractivity contribution < 1.29 is 9.53 Å². The average Bonchev–Trinajstić information content (AvgIpc) is 2.50. The number of carbonyl (C=O) groups is 1. The summed E-state index contributed by atoms with van der Waals surface area (Å²) in [6.45, 7) is 4.36. The summed E-state index contributed by atoms with van der Waals surface area (Å²) in [6.07, 6.45) is 5.73. The fourth-order valence-electron chi connectivity index (χ4n) is 1.52. The van der Waals surface area contributed by atoms with Crippen LogP contribution in [0.3, 0.4) is 0 Å². The first-order chi connectivity index (χ1) is 6.13. The van der Waals surface area contributed by atoms with Crippen molar-refractivity contribution in [2.45, 2.75) is 26.7 Å². The summed E-state index contributed by atoms with van der Waals surface area (Å²) >= 11 is 0. The van der Waals surface area contributed by atoms with E-state index < -0.39 is 0 Å². The van der Waals surface area contributed by atoms with Gasteiger partial charge in [0.05, 0.1) is 7.11 Å². The van der Waals surface area contributed by atoms with E-state index in [1.807, 2.05) is 12.2 Å². The average molecular weight is 180 g/mol. The van der Waals surface area contributed by atoms with E-state index in [-0.39, 0.29) is 5.97 Å². The molecule has 0 radical (unpaired) electrons. The third-order valence-corrected chi connectivity index (χ3v) is 2.06. The van der Waals surface area contributed by atoms with Gasteiger partial charge in [0.2, 0.25) is 0 Å². The SMILES string of the molecule is COC(=O)C1=CC=C(CC(C)C)C1. The standard InChI is InChI=1S/C11H16O2/c1-8(2)6-9-4-5-10(7-9)11(12)13-3/h4-5,8H,6-7H2,1-3H3. The molecule has 2 heteroatoms. The lowest BCUT2D eigenvalue weighted by Gasteiger charge is -2.06. The van der Waals surface area contributed by atoms with E-state index in [9.17, 15) is 4.79 Å². The third-order valence-electron chi connectivity index (χ3n) is 2.06. The third kappa shape index (κ3) is 2.72. The van der Waals surface area contributed by atoms with Crippen LogP contribution >= 0.6 is 0 Å². The van der Waals surface area contributed by atoms with Crippen LogP contribution in [0, 0.1) is 5.92 Å². The summed E-state index contributed by atoms with van der Waals surface area (Å²) in [4.78, 5) is 11.1. The van der Waals surface area contributed by atoms with Gasteiger partial charge in [-0.25, -0.2) is 4.79 Å². The predicted molar refractivity (Wildman–Crippen MR) is 52.3 cm³/mol. The van der Waals surface area contributed by atoms with Crippen LogP contribution in [-0.4, -0.2) is 13.1 Å². The quantitative estimate of drug-likeness (QED) is 0.624. The van der Waals surface area contributed by atoms with Crippen molar-refractivity contribution >= 4 is 5.97 Å². The van der Waals surface area contributed by atoms with Crippen molar-refractivity contribution in [3.63, 3.8) is 0 Å². The summed E-state index contributed by atoms with van der Waals surface area (Å²) in [6, 6.07) is 0. The zero-order valence-corrected chi connectivity index (χ0v) is 8.46. The predicted octanol–water partition coefficient (Wildman–Crippen LogP) is 2.46. The Morgan fingerprint density at radius 1 is 1.54 bits per heavy atom. The molecule has 0 heterocycles. The second kappa shape index (κ2) is 4.26. The molecule has 0 N–H and O–H groups in total. The number of rotatable bonds is 3. The first-order valence-electron chi connectivity index (χ1n) is 4.60. The molecule has 0 saturated heterocycles. The van der Waals surface area contributed by atoms with Gasteiger partial charge < -0.3 is 4.74 Å². The minimum Gasteiger partial charge on any atom is -0.466 e. The van der Waals surface area contributed by atoms with Gasteiger partial charge in [0.25, 0.3) is 0 Å². The van der Waals surface area contributed by atoms with Gasteiger partial charge in [-0.05, 0) is 12.3 Å². The summed E-state index contributed by atoms with van der Waals surface area (Å²) < 4.78 is 4.65. The van der Waals surface area contributed by atoms with E-state index in [4.69, 9.17) is 0 Å². The smallest absolute Gasteiger partial charge is 0.334 e. The van der Waals surface area contributed by atoms with Crippen LogP contribution in [0.25, 0.3) is 0 Å². The lowest BCUT2D eigenvalue weighted by atomic mass is 10.0. The Morgan fingerprint density at radius 2 is 2.23 bits per heavy atom. The zero-order chi connectivity index (χ0) is 9.84. The van der Waals surface area contributed by atoms with Crippen LogP contribution in [-0.2, 0) is 9.53 Å². The van der Waals surface area contributed by atoms with E-state index in [2.05, 4.69) is 18.6 Å². The van der Waals surface area contributed by atoms with Crippen LogP contribution in [0.5, 0.6) is 0 Å². The number of allylic oxidation sites excluding steroid dienone is 3. The van der Waals surface area contributed by atoms with Crippen molar-refractivity contribution in [2.75, 3.05) is 7.11 Å². The van der Waals surface area contributed by atoms with Crippen LogP contribution < -0.4 is 0 Å². The van der Waals surface area contributed by atoms with Gasteiger partial charge >= 0.3 is 5.97 Å². The Morgan fingerprint density at radius 3 is 2.77 bits per heavy atom. The van der Waals surface area contributed by atoms with Crippen LogP contribution in [0.15, 0.2) is 23.3 Å². The normalized spacial score (nSPS) is 15.7. The second-order valence-corrected chi connectivity index (χ2v) is 3.78. The fraction of sp³-hybridized carbons (Fsp3) is 0.545. The molecular formula is C11H16O2. The molecule has 0 aliphatic heterocycles. The van der Waals surface area contributed by atoms with E-state index in [1.54, 1.807) is 0 Å². The van der Waals surface area contributed by atoms with Crippen molar-refractivity contribution in [1.29, 1.82) is 0 Å². The maximum atomic E-state index is 11.1. The Labute approximate surface area is 79.3 Å². The zero-order valence-electron chi connectivity index (χ0n) is 8.46. The molecule has 13 heavy (non-hydrogen) atoms. The second-order valence-electron chi connectivity index (χ2n) is 3.78. The van der Waals surface area contributed by atoms with Crippen molar-refractivity contribution in [3.8, 4) is 0 Å². The molecule has 0 unspecified atom stereocenters. The molecule has 0 amide bonds. The fourth-order valence-corrected chi connectivity index (χ4v) is 1.52. The summed E-state index contributed by atoms with van der Waals surface area (Å²) in [5.74, 6) is 0.451. The minimum absolute atomic E-state index is 0.199. The van der Waals surface area contributed by atoms with Gasteiger partial charge in [-0.15, -0.1) is 0 Å². The summed E-state index contributed by atoms with van der Waals surface area (Å²) in [7, 11) is 1.42. The van der Waals surface area contributed by atoms with Gasteiger partial charge in [0, 0.05) is 12.0 Å². The highest BCUT2D eigenvalue weighted by molar-refractivity contribution is 5.90. The lowest BCUT2D eigenvalue weighted by molar-refractivity contribution is -0.136. The van der Waals surface area contributed by atoms with Gasteiger partial charge in [-0.1, -0.05) is 31.6 Å². The first-order valence-corrected chi connectivity index (χ1v) is 4.60. The summed E-state index contributed by atoms with van der Waals surface area (Å²) in [5, 5.41) is 0. The van der Waals surface area contributed by atoms with E-state index in [1.165, 1.54) is 12.7 Å². The van der Waals surface area contributed by atoms with E-state index >= 15 is 0 Å². The molecule has 0 atom stereocenters. The molecule has 0 aromatic heterocycles. The molecule has 0 aromatic carbocycles. The molecule has 2 nitrogen and oxygen atoms in total. The maximum absolute atomic E-state index is 11.1. The Bertz CT molecular complexity index is 259. The molecule has 0 bridgehead atoms. The van der Waals surface area contributed by atoms with Crippen molar-refractivity contribution in [3.05, 3.63) is 23.3 Å². The molecule has 1 aliphatic rings. The van der Waals surface area contributed by atoms with Crippen molar-refractivity contribution in [2.24, 2.45) is 5.92 Å². The molecule has 0 aromatic rings. The lowest BCUT2D eigenvalue weighted by Crippen LogP contribution is -2.03. The van der Waals surface area contributed by atoms with Crippen LogP contribution in [0.2, 0.25) is 0 Å².